The lowest BCUT2D eigenvalue weighted by Crippen LogP contribution is -2.34. The first-order valence-corrected chi connectivity index (χ1v) is 5.65. The van der Waals surface area contributed by atoms with Crippen LogP contribution in [-0.2, 0) is 19.3 Å². The second-order valence-corrected chi connectivity index (χ2v) is 3.71. The van der Waals surface area contributed by atoms with Crippen LogP contribution in [0.4, 0.5) is 0 Å². The van der Waals surface area contributed by atoms with Gasteiger partial charge in [-0.1, -0.05) is 32.9 Å². The van der Waals surface area contributed by atoms with E-state index < -0.39 is 7.12 Å². The Bertz CT molecular complexity index is 335. The van der Waals surface area contributed by atoms with E-state index in [0.29, 0.717) is 5.46 Å². The highest BCUT2D eigenvalue weighted by molar-refractivity contribution is 6.59. The SMILES string of the molecule is CCc1ccc(B(O)O)c(CC)c1CC. The quantitative estimate of drug-likeness (QED) is 0.723. The van der Waals surface area contributed by atoms with Gasteiger partial charge in [-0.2, -0.15) is 0 Å². The third-order valence-electron chi connectivity index (χ3n) is 2.93. The molecule has 1 rings (SSSR count). The molecule has 15 heavy (non-hydrogen) atoms. The summed E-state index contributed by atoms with van der Waals surface area (Å²) in [6.45, 7) is 6.30. The summed E-state index contributed by atoms with van der Waals surface area (Å²) in [5.74, 6) is 0. The van der Waals surface area contributed by atoms with E-state index in [1.54, 1.807) is 0 Å². The molecule has 0 aromatic heterocycles. The summed E-state index contributed by atoms with van der Waals surface area (Å²) in [6.07, 6.45) is 2.80. The van der Waals surface area contributed by atoms with Crippen LogP contribution in [0.1, 0.15) is 37.5 Å². The van der Waals surface area contributed by atoms with E-state index in [1.165, 1.54) is 11.1 Å². The summed E-state index contributed by atoms with van der Waals surface area (Å²) in [4.78, 5) is 0. The third kappa shape index (κ3) is 2.41. The maximum atomic E-state index is 9.27. The molecule has 0 aliphatic rings. The Balaban J connectivity index is 3.34. The molecular formula is C12H19BO2. The number of hydrogen-bond acceptors (Lipinski definition) is 2. The molecular weight excluding hydrogens is 187 g/mol. The van der Waals surface area contributed by atoms with Gasteiger partial charge in [0, 0.05) is 0 Å². The Labute approximate surface area is 92.1 Å². The van der Waals surface area contributed by atoms with E-state index in [2.05, 4.69) is 20.8 Å². The van der Waals surface area contributed by atoms with Gasteiger partial charge in [-0.15, -0.1) is 0 Å². The fourth-order valence-electron chi connectivity index (χ4n) is 2.19. The van der Waals surface area contributed by atoms with Gasteiger partial charge in [-0.25, -0.2) is 0 Å². The molecule has 0 saturated heterocycles. The summed E-state index contributed by atoms with van der Waals surface area (Å²) < 4.78 is 0. The molecule has 1 aromatic rings. The Morgan fingerprint density at radius 2 is 1.53 bits per heavy atom. The highest BCUT2D eigenvalue weighted by Crippen LogP contribution is 2.16. The largest absolute Gasteiger partial charge is 0.488 e. The van der Waals surface area contributed by atoms with Crippen LogP contribution >= 0.6 is 0 Å². The number of hydrogen-bond donors (Lipinski definition) is 2. The third-order valence-corrected chi connectivity index (χ3v) is 2.93. The predicted octanol–water partition coefficient (Wildman–Crippen LogP) is 1.05. The summed E-state index contributed by atoms with van der Waals surface area (Å²) >= 11 is 0. The van der Waals surface area contributed by atoms with Crippen molar-refractivity contribution in [3.63, 3.8) is 0 Å². The van der Waals surface area contributed by atoms with Crippen molar-refractivity contribution in [1.82, 2.24) is 0 Å². The van der Waals surface area contributed by atoms with Gasteiger partial charge in [-0.05, 0) is 41.4 Å². The fraction of sp³-hybridized carbons (Fsp3) is 0.500. The van der Waals surface area contributed by atoms with Gasteiger partial charge >= 0.3 is 7.12 Å². The van der Waals surface area contributed by atoms with Gasteiger partial charge in [0.05, 0.1) is 0 Å². The predicted molar refractivity (Wildman–Crippen MR) is 64.4 cm³/mol. The number of aryl methyl sites for hydroxylation is 1. The molecule has 0 bridgehead atoms. The van der Waals surface area contributed by atoms with Crippen molar-refractivity contribution in [2.24, 2.45) is 0 Å². The number of rotatable bonds is 4. The van der Waals surface area contributed by atoms with E-state index >= 15 is 0 Å². The molecule has 0 fully saturated rings. The molecule has 0 aliphatic carbocycles. The molecule has 0 saturated carbocycles. The van der Waals surface area contributed by atoms with E-state index in [0.717, 1.165) is 24.8 Å². The average Bonchev–Trinajstić information content (AvgIpc) is 2.26. The van der Waals surface area contributed by atoms with Crippen LogP contribution in [-0.4, -0.2) is 17.2 Å². The zero-order chi connectivity index (χ0) is 11.4. The average molecular weight is 206 g/mol. The molecule has 1 aromatic carbocycles. The van der Waals surface area contributed by atoms with Crippen molar-refractivity contribution in [2.75, 3.05) is 0 Å². The van der Waals surface area contributed by atoms with Crippen molar-refractivity contribution in [3.8, 4) is 0 Å². The van der Waals surface area contributed by atoms with Crippen molar-refractivity contribution >= 4 is 12.6 Å². The van der Waals surface area contributed by atoms with Crippen LogP contribution in [0, 0.1) is 0 Å². The zero-order valence-electron chi connectivity index (χ0n) is 9.75. The molecule has 2 N–H and O–H groups in total. The Hall–Kier alpha value is -0.795. The minimum Gasteiger partial charge on any atom is -0.423 e. The van der Waals surface area contributed by atoms with Crippen LogP contribution in [0.3, 0.4) is 0 Å². The fourth-order valence-corrected chi connectivity index (χ4v) is 2.19. The lowest BCUT2D eigenvalue weighted by molar-refractivity contribution is 0.425. The first-order chi connectivity index (χ1) is 7.15. The molecule has 0 unspecified atom stereocenters. The second kappa shape index (κ2) is 5.33. The Morgan fingerprint density at radius 1 is 0.933 bits per heavy atom. The summed E-state index contributed by atoms with van der Waals surface area (Å²) in [5.41, 5.74) is 4.36. The van der Waals surface area contributed by atoms with Crippen LogP contribution in [0.25, 0.3) is 0 Å². The van der Waals surface area contributed by atoms with Gasteiger partial charge in [0.15, 0.2) is 0 Å². The van der Waals surface area contributed by atoms with E-state index in [1.807, 2.05) is 12.1 Å². The van der Waals surface area contributed by atoms with Crippen molar-refractivity contribution < 1.29 is 10.0 Å². The van der Waals surface area contributed by atoms with Crippen LogP contribution in [0.5, 0.6) is 0 Å². The minimum atomic E-state index is -1.35. The lowest BCUT2D eigenvalue weighted by Gasteiger charge is -2.15. The van der Waals surface area contributed by atoms with E-state index in [-0.39, 0.29) is 0 Å². The smallest absolute Gasteiger partial charge is 0.423 e. The minimum absolute atomic E-state index is 0.659. The Kier molecular flexibility index (Phi) is 4.36. The summed E-state index contributed by atoms with van der Waals surface area (Å²) in [7, 11) is -1.35. The molecule has 2 nitrogen and oxygen atoms in total. The highest BCUT2D eigenvalue weighted by atomic mass is 16.4. The molecule has 82 valence electrons. The molecule has 0 aliphatic heterocycles. The van der Waals surface area contributed by atoms with Crippen molar-refractivity contribution in [2.45, 2.75) is 40.0 Å². The standard InChI is InChI=1S/C12H19BO2/c1-4-9-7-8-12(13(14)15)11(6-3)10(9)5-2/h7-8,14-15H,4-6H2,1-3H3. The summed E-state index contributed by atoms with van der Waals surface area (Å²) in [6, 6.07) is 3.84. The molecule has 0 amide bonds. The normalized spacial score (nSPS) is 10.5. The van der Waals surface area contributed by atoms with Crippen LogP contribution < -0.4 is 5.46 Å². The second-order valence-electron chi connectivity index (χ2n) is 3.71. The van der Waals surface area contributed by atoms with E-state index in [9.17, 15) is 10.0 Å². The van der Waals surface area contributed by atoms with Gasteiger partial charge in [-0.3, -0.25) is 0 Å². The monoisotopic (exact) mass is 206 g/mol. The van der Waals surface area contributed by atoms with Gasteiger partial charge in [0.1, 0.15) is 0 Å². The molecule has 3 heteroatoms. The summed E-state index contributed by atoms with van der Waals surface area (Å²) in [5, 5.41) is 18.5. The van der Waals surface area contributed by atoms with E-state index in [4.69, 9.17) is 0 Å². The maximum absolute atomic E-state index is 9.27. The van der Waals surface area contributed by atoms with Gasteiger partial charge < -0.3 is 10.0 Å². The van der Waals surface area contributed by atoms with Crippen molar-refractivity contribution in [3.05, 3.63) is 28.8 Å². The highest BCUT2D eigenvalue weighted by Gasteiger charge is 2.18. The molecule has 0 spiro atoms. The van der Waals surface area contributed by atoms with Crippen LogP contribution in [0.15, 0.2) is 12.1 Å². The number of benzene rings is 1. The van der Waals surface area contributed by atoms with Crippen LogP contribution in [0.2, 0.25) is 0 Å². The Morgan fingerprint density at radius 3 is 1.93 bits per heavy atom. The first kappa shape index (κ1) is 12.3. The maximum Gasteiger partial charge on any atom is 0.488 e. The first-order valence-electron chi connectivity index (χ1n) is 5.65. The molecule has 0 atom stereocenters. The van der Waals surface area contributed by atoms with Crippen molar-refractivity contribution in [1.29, 1.82) is 0 Å². The zero-order valence-corrected chi connectivity index (χ0v) is 9.75. The topological polar surface area (TPSA) is 40.5 Å². The van der Waals surface area contributed by atoms with Gasteiger partial charge in [0.25, 0.3) is 0 Å². The van der Waals surface area contributed by atoms with Gasteiger partial charge in [0.2, 0.25) is 0 Å². The molecule has 0 radical (unpaired) electrons. The molecule has 0 heterocycles. The lowest BCUT2D eigenvalue weighted by atomic mass is 9.73.